The van der Waals surface area contributed by atoms with Crippen LogP contribution in [0.5, 0.6) is 0 Å². The first kappa shape index (κ1) is 77.0. The van der Waals surface area contributed by atoms with Crippen molar-refractivity contribution in [2.45, 2.75) is 277 Å². The molecule has 0 amide bonds. The first-order chi connectivity index (χ1) is 40.6. The maximum Gasteiger partial charge on any atom is 0.306 e. The molecule has 82 heavy (non-hydrogen) atoms. The molecular formula is C77H122O5. The van der Waals surface area contributed by atoms with Crippen LogP contribution in [0.3, 0.4) is 0 Å². The SMILES string of the molecule is CC/C=C\C/C=C\C/C=C\C/C=C\C/C=C\C/C=C\C/C=C\C/C=C\C/C=C\C/C=C\CCCCCCCCCCCCC(=O)OC(CO)COC(=O)CCCCCCCCCCCCC/C=C\C/C=C\C/C=C\C/C=C\C/C=C\CC. The number of ether oxygens (including phenoxy) is 2. The van der Waals surface area contributed by atoms with Crippen molar-refractivity contribution in [1.82, 2.24) is 0 Å². The molecule has 0 saturated heterocycles. The van der Waals surface area contributed by atoms with Gasteiger partial charge >= 0.3 is 11.9 Å². The number of aliphatic hydroxyl groups excluding tert-OH is 1. The van der Waals surface area contributed by atoms with Crippen LogP contribution in [0.1, 0.15) is 271 Å². The summed E-state index contributed by atoms with van der Waals surface area (Å²) in [6.45, 7) is 3.91. The van der Waals surface area contributed by atoms with Crippen LogP contribution in [0.25, 0.3) is 0 Å². The van der Waals surface area contributed by atoms with Crippen molar-refractivity contribution in [3.63, 3.8) is 0 Å². The van der Waals surface area contributed by atoms with Crippen LogP contribution in [0.2, 0.25) is 0 Å². The van der Waals surface area contributed by atoms with Gasteiger partial charge in [-0.1, -0.05) is 305 Å². The largest absolute Gasteiger partial charge is 0.462 e. The highest BCUT2D eigenvalue weighted by atomic mass is 16.6. The fraction of sp³-hybridized carbons (Fsp3) is 0.584. The lowest BCUT2D eigenvalue weighted by atomic mass is 10.0. The molecule has 1 atom stereocenters. The van der Waals surface area contributed by atoms with Gasteiger partial charge < -0.3 is 14.6 Å². The molecule has 0 radical (unpaired) electrons. The van der Waals surface area contributed by atoms with Crippen molar-refractivity contribution in [2.75, 3.05) is 13.2 Å². The Morgan fingerprint density at radius 2 is 0.488 bits per heavy atom. The lowest BCUT2D eigenvalue weighted by Gasteiger charge is -2.15. The molecule has 0 aliphatic heterocycles. The number of unbranched alkanes of at least 4 members (excludes halogenated alkanes) is 21. The summed E-state index contributed by atoms with van der Waals surface area (Å²) in [5.74, 6) is -0.606. The molecule has 460 valence electrons. The number of rotatable bonds is 59. The van der Waals surface area contributed by atoms with Crippen LogP contribution in [0, 0.1) is 0 Å². The van der Waals surface area contributed by atoms with E-state index in [2.05, 4.69) is 196 Å². The second kappa shape index (κ2) is 70.3. The van der Waals surface area contributed by atoms with Crippen LogP contribution in [-0.4, -0.2) is 36.4 Å². The van der Waals surface area contributed by atoms with Crippen molar-refractivity contribution in [3.8, 4) is 0 Å². The zero-order valence-corrected chi connectivity index (χ0v) is 52.7. The van der Waals surface area contributed by atoms with E-state index in [9.17, 15) is 14.7 Å². The summed E-state index contributed by atoms with van der Waals surface area (Å²) in [6.07, 6.45) is 110. The van der Waals surface area contributed by atoms with E-state index in [-0.39, 0.29) is 25.2 Å². The van der Waals surface area contributed by atoms with Gasteiger partial charge in [0.2, 0.25) is 0 Å². The molecule has 1 N–H and O–H groups in total. The summed E-state index contributed by atoms with van der Waals surface area (Å²) in [4.78, 5) is 24.6. The summed E-state index contributed by atoms with van der Waals surface area (Å²) >= 11 is 0. The molecule has 0 aromatic heterocycles. The summed E-state index contributed by atoms with van der Waals surface area (Å²) in [5, 5.41) is 9.69. The molecule has 0 rings (SSSR count). The minimum Gasteiger partial charge on any atom is -0.462 e. The Hall–Kier alpha value is -5.00. The Morgan fingerprint density at radius 3 is 0.732 bits per heavy atom. The zero-order chi connectivity index (χ0) is 59.1. The highest BCUT2D eigenvalue weighted by Gasteiger charge is 2.16. The number of esters is 2. The summed E-state index contributed by atoms with van der Waals surface area (Å²) in [5.41, 5.74) is 0. The number of hydrogen-bond acceptors (Lipinski definition) is 5. The molecular weight excluding hydrogens is 1000 g/mol. The molecule has 0 saturated carbocycles. The fourth-order valence-electron chi connectivity index (χ4n) is 8.79. The lowest BCUT2D eigenvalue weighted by molar-refractivity contribution is -0.161. The van der Waals surface area contributed by atoms with Crippen molar-refractivity contribution < 1.29 is 24.2 Å². The van der Waals surface area contributed by atoms with Gasteiger partial charge in [-0.2, -0.15) is 0 Å². The standard InChI is InChI=1S/C77H122O5/c1-3-5-7-9-11-13-15-17-19-21-23-25-27-29-31-32-33-34-35-36-37-38-39-40-41-42-43-44-46-48-50-52-54-56-58-60-62-64-66-68-70-72-77(80)82-75(73-78)74-81-76(79)71-69-67-65-63-61-59-57-55-53-51-49-47-45-30-28-26-24-22-20-18-16-14-12-10-8-6-4-2/h5-8,11-14,17-20,23-26,29-31,33-34,36-37,39-40,42-43,45-46,48,75,78H,3-4,9-10,15-16,21-22,27-28,32,35,38,41,44,47,49-74H2,1-2H3/b7-5-,8-6-,13-11-,14-12-,19-17-,20-18-,25-23-,26-24-,31-29-,34-33-,37-36-,40-39-,43-42-,45-30-,48-46-. The van der Waals surface area contributed by atoms with Gasteiger partial charge in [0.15, 0.2) is 6.10 Å². The number of aliphatic hydroxyl groups is 1. The average molecular weight is 1130 g/mol. The van der Waals surface area contributed by atoms with Crippen LogP contribution in [0.4, 0.5) is 0 Å². The predicted octanol–water partition coefficient (Wildman–Crippen LogP) is 23.4. The van der Waals surface area contributed by atoms with E-state index >= 15 is 0 Å². The lowest BCUT2D eigenvalue weighted by Crippen LogP contribution is -2.28. The summed E-state index contributed by atoms with van der Waals surface area (Å²) in [7, 11) is 0. The van der Waals surface area contributed by atoms with Crippen molar-refractivity contribution in [3.05, 3.63) is 182 Å². The van der Waals surface area contributed by atoms with Crippen LogP contribution in [0.15, 0.2) is 182 Å². The Bertz CT molecular complexity index is 1850. The first-order valence-corrected chi connectivity index (χ1v) is 33.3. The number of carbonyl (C=O) groups is 2. The molecule has 0 aliphatic rings. The van der Waals surface area contributed by atoms with Crippen molar-refractivity contribution in [1.29, 1.82) is 0 Å². The molecule has 0 heterocycles. The molecule has 1 unspecified atom stereocenters. The smallest absolute Gasteiger partial charge is 0.306 e. The maximum absolute atomic E-state index is 12.4. The molecule has 0 bridgehead atoms. The summed E-state index contributed by atoms with van der Waals surface area (Å²) in [6, 6.07) is 0. The van der Waals surface area contributed by atoms with E-state index in [4.69, 9.17) is 9.47 Å². The quantitative estimate of drug-likeness (QED) is 0.0373. The second-order valence-electron chi connectivity index (χ2n) is 21.4. The normalized spacial score (nSPS) is 13.5. The summed E-state index contributed by atoms with van der Waals surface area (Å²) < 4.78 is 10.7. The van der Waals surface area contributed by atoms with E-state index in [0.717, 1.165) is 135 Å². The highest BCUT2D eigenvalue weighted by molar-refractivity contribution is 5.70. The molecule has 0 spiro atoms. The molecule has 0 fully saturated rings. The Labute approximate surface area is 505 Å². The van der Waals surface area contributed by atoms with Crippen LogP contribution < -0.4 is 0 Å². The zero-order valence-electron chi connectivity index (χ0n) is 52.7. The Balaban J connectivity index is 3.58. The second-order valence-corrected chi connectivity index (χ2v) is 21.4. The molecule has 5 heteroatoms. The third kappa shape index (κ3) is 67.5. The molecule has 0 aromatic carbocycles. The number of allylic oxidation sites excluding steroid dienone is 30. The van der Waals surface area contributed by atoms with E-state index in [1.54, 1.807) is 0 Å². The minimum atomic E-state index is -0.790. The number of hydrogen-bond donors (Lipinski definition) is 1. The van der Waals surface area contributed by atoms with Gasteiger partial charge in [0.1, 0.15) is 6.61 Å². The highest BCUT2D eigenvalue weighted by Crippen LogP contribution is 2.15. The van der Waals surface area contributed by atoms with Gasteiger partial charge in [0, 0.05) is 12.8 Å². The van der Waals surface area contributed by atoms with Gasteiger partial charge in [-0.3, -0.25) is 9.59 Å². The van der Waals surface area contributed by atoms with E-state index in [1.165, 1.54) is 109 Å². The van der Waals surface area contributed by atoms with Crippen LogP contribution in [-0.2, 0) is 19.1 Å². The topological polar surface area (TPSA) is 72.8 Å². The van der Waals surface area contributed by atoms with Gasteiger partial charge in [-0.15, -0.1) is 0 Å². The van der Waals surface area contributed by atoms with Crippen LogP contribution >= 0.6 is 0 Å². The monoisotopic (exact) mass is 1130 g/mol. The third-order valence-corrected chi connectivity index (χ3v) is 13.7. The Kier molecular flexibility index (Phi) is 66.0. The van der Waals surface area contributed by atoms with E-state index < -0.39 is 6.10 Å². The average Bonchev–Trinajstić information content (AvgIpc) is 3.49. The predicted molar refractivity (Wildman–Crippen MR) is 361 cm³/mol. The molecule has 0 aromatic rings. The van der Waals surface area contributed by atoms with Gasteiger partial charge in [0.05, 0.1) is 6.61 Å². The molecule has 0 aliphatic carbocycles. The number of carbonyl (C=O) groups excluding carboxylic acids is 2. The van der Waals surface area contributed by atoms with E-state index in [1.807, 2.05) is 0 Å². The minimum absolute atomic E-state index is 0.0788. The third-order valence-electron chi connectivity index (χ3n) is 13.7. The fourth-order valence-corrected chi connectivity index (χ4v) is 8.79. The van der Waals surface area contributed by atoms with Gasteiger partial charge in [-0.25, -0.2) is 0 Å². The van der Waals surface area contributed by atoms with Crippen molar-refractivity contribution in [2.24, 2.45) is 0 Å². The molecule has 5 nitrogen and oxygen atoms in total. The first-order valence-electron chi connectivity index (χ1n) is 33.3. The maximum atomic E-state index is 12.4. The Morgan fingerprint density at radius 1 is 0.280 bits per heavy atom. The van der Waals surface area contributed by atoms with Gasteiger partial charge in [-0.05, 0) is 135 Å². The van der Waals surface area contributed by atoms with Gasteiger partial charge in [0.25, 0.3) is 0 Å². The van der Waals surface area contributed by atoms with E-state index in [0.29, 0.717) is 12.8 Å². The van der Waals surface area contributed by atoms with Crippen molar-refractivity contribution >= 4 is 11.9 Å².